The van der Waals surface area contributed by atoms with Gasteiger partial charge in [-0.05, 0) is 24.5 Å². The number of rotatable bonds is 6. The van der Waals surface area contributed by atoms with Crippen LogP contribution in [0.2, 0.25) is 0 Å². The Balaban J connectivity index is 1.96. The van der Waals surface area contributed by atoms with Crippen LogP contribution in [0.15, 0.2) is 60.7 Å². The van der Waals surface area contributed by atoms with Gasteiger partial charge in [0.2, 0.25) is 5.91 Å². The average Bonchev–Trinajstić information content (AvgIpc) is 2.55. The fourth-order valence-electron chi connectivity index (χ4n) is 2.31. The largest absolute Gasteiger partial charge is 0.351 e. The number of benzene rings is 2. The number of hydrogen-bond donors (Lipinski definition) is 2. The molecule has 0 aliphatic carbocycles. The molecule has 0 spiro atoms. The first kappa shape index (κ1) is 15.3. The molecule has 0 aliphatic heterocycles. The van der Waals surface area contributed by atoms with E-state index in [4.69, 9.17) is 5.73 Å². The topological polar surface area (TPSA) is 55.1 Å². The van der Waals surface area contributed by atoms with Gasteiger partial charge in [0.25, 0.3) is 0 Å². The lowest BCUT2D eigenvalue weighted by Crippen LogP contribution is -2.43. The van der Waals surface area contributed by atoms with Crippen LogP contribution in [0.5, 0.6) is 0 Å². The van der Waals surface area contributed by atoms with E-state index in [0.717, 1.165) is 12.0 Å². The van der Waals surface area contributed by atoms with Crippen LogP contribution in [0.3, 0.4) is 0 Å². The summed E-state index contributed by atoms with van der Waals surface area (Å²) < 4.78 is 0. The molecule has 1 amide bonds. The number of amides is 1. The third-order valence-electron chi connectivity index (χ3n) is 3.65. The number of carbonyl (C=O) groups excluding carboxylic acids is 1. The molecule has 2 aromatic rings. The summed E-state index contributed by atoms with van der Waals surface area (Å²) in [4.78, 5) is 12.3. The van der Waals surface area contributed by atoms with E-state index in [-0.39, 0.29) is 17.9 Å². The lowest BCUT2D eigenvalue weighted by Gasteiger charge is -2.20. The Morgan fingerprint density at radius 1 is 1.05 bits per heavy atom. The van der Waals surface area contributed by atoms with Crippen molar-refractivity contribution in [1.82, 2.24) is 5.32 Å². The number of hydrogen-bond acceptors (Lipinski definition) is 2. The highest BCUT2D eigenvalue weighted by Crippen LogP contribution is 2.15. The van der Waals surface area contributed by atoms with Gasteiger partial charge in [-0.2, -0.15) is 0 Å². The zero-order valence-corrected chi connectivity index (χ0v) is 12.3. The maximum atomic E-state index is 12.3. The second kappa shape index (κ2) is 7.60. The molecular formula is C18H22N2O. The highest BCUT2D eigenvalue weighted by atomic mass is 16.1. The minimum absolute atomic E-state index is 0.0209. The van der Waals surface area contributed by atoms with Crippen LogP contribution in [0.4, 0.5) is 0 Å². The van der Waals surface area contributed by atoms with Crippen molar-refractivity contribution in [3.8, 4) is 0 Å². The molecule has 2 unspecified atom stereocenters. The quantitative estimate of drug-likeness (QED) is 0.855. The molecule has 2 atom stereocenters. The Morgan fingerprint density at radius 2 is 1.62 bits per heavy atom. The van der Waals surface area contributed by atoms with Crippen molar-refractivity contribution >= 4 is 5.91 Å². The van der Waals surface area contributed by atoms with E-state index in [0.29, 0.717) is 6.54 Å². The van der Waals surface area contributed by atoms with Crippen LogP contribution < -0.4 is 11.1 Å². The van der Waals surface area contributed by atoms with E-state index in [9.17, 15) is 4.79 Å². The highest BCUT2D eigenvalue weighted by molar-refractivity contribution is 5.83. The Labute approximate surface area is 126 Å². The van der Waals surface area contributed by atoms with Gasteiger partial charge in [0.05, 0.1) is 5.92 Å². The summed E-state index contributed by atoms with van der Waals surface area (Å²) in [6.07, 6.45) is 0.755. The molecule has 21 heavy (non-hydrogen) atoms. The second-order valence-corrected chi connectivity index (χ2v) is 5.26. The summed E-state index contributed by atoms with van der Waals surface area (Å²) in [5.74, 6) is -0.149. The molecule has 0 radical (unpaired) electrons. The molecule has 0 bridgehead atoms. The first-order valence-electron chi connectivity index (χ1n) is 7.30. The molecule has 3 heteroatoms. The molecule has 0 saturated carbocycles. The minimum atomic E-state index is -0.170. The van der Waals surface area contributed by atoms with E-state index >= 15 is 0 Å². The zero-order chi connectivity index (χ0) is 15.1. The van der Waals surface area contributed by atoms with E-state index in [1.807, 2.05) is 55.5 Å². The summed E-state index contributed by atoms with van der Waals surface area (Å²) in [6.45, 7) is 2.35. The third kappa shape index (κ3) is 4.43. The predicted octanol–water partition coefficient (Wildman–Crippen LogP) is 2.48. The molecule has 0 aromatic heterocycles. The Hall–Kier alpha value is -2.13. The number of nitrogens with two attached hydrogens (primary N) is 1. The molecule has 110 valence electrons. The van der Waals surface area contributed by atoms with Crippen molar-refractivity contribution in [2.75, 3.05) is 6.54 Å². The Bertz CT molecular complexity index is 554. The zero-order valence-electron chi connectivity index (χ0n) is 12.3. The van der Waals surface area contributed by atoms with Crippen LogP contribution in [0, 0.1) is 0 Å². The predicted molar refractivity (Wildman–Crippen MR) is 86.0 cm³/mol. The molecule has 2 aromatic carbocycles. The number of nitrogens with one attached hydrogen (secondary N) is 1. The van der Waals surface area contributed by atoms with Crippen LogP contribution >= 0.6 is 0 Å². The first-order valence-corrected chi connectivity index (χ1v) is 7.30. The van der Waals surface area contributed by atoms with Gasteiger partial charge in [-0.3, -0.25) is 4.79 Å². The van der Waals surface area contributed by atoms with Crippen molar-refractivity contribution in [1.29, 1.82) is 0 Å². The van der Waals surface area contributed by atoms with Gasteiger partial charge in [-0.15, -0.1) is 0 Å². The Kier molecular flexibility index (Phi) is 5.52. The first-order chi connectivity index (χ1) is 10.2. The summed E-state index contributed by atoms with van der Waals surface area (Å²) in [7, 11) is 0. The SMILES string of the molecule is CC(C(=O)NC(CN)Cc1ccccc1)c1ccccc1. The van der Waals surface area contributed by atoms with Crippen LogP contribution in [0.25, 0.3) is 0 Å². The molecule has 3 N–H and O–H groups in total. The maximum Gasteiger partial charge on any atom is 0.227 e. The minimum Gasteiger partial charge on any atom is -0.351 e. The summed E-state index contributed by atoms with van der Waals surface area (Å²) in [5.41, 5.74) is 7.99. The summed E-state index contributed by atoms with van der Waals surface area (Å²) >= 11 is 0. The fourth-order valence-corrected chi connectivity index (χ4v) is 2.31. The molecule has 0 heterocycles. The van der Waals surface area contributed by atoms with Crippen molar-refractivity contribution in [2.24, 2.45) is 5.73 Å². The smallest absolute Gasteiger partial charge is 0.227 e. The van der Waals surface area contributed by atoms with Gasteiger partial charge in [-0.25, -0.2) is 0 Å². The van der Waals surface area contributed by atoms with Crippen LogP contribution in [-0.4, -0.2) is 18.5 Å². The maximum absolute atomic E-state index is 12.3. The van der Waals surface area contributed by atoms with Gasteiger partial charge >= 0.3 is 0 Å². The fraction of sp³-hybridized carbons (Fsp3) is 0.278. The van der Waals surface area contributed by atoms with Crippen molar-refractivity contribution in [2.45, 2.75) is 25.3 Å². The Morgan fingerprint density at radius 3 is 2.19 bits per heavy atom. The van der Waals surface area contributed by atoms with Crippen LogP contribution in [0.1, 0.15) is 24.0 Å². The van der Waals surface area contributed by atoms with Gasteiger partial charge in [0, 0.05) is 12.6 Å². The second-order valence-electron chi connectivity index (χ2n) is 5.26. The third-order valence-corrected chi connectivity index (χ3v) is 3.65. The average molecular weight is 282 g/mol. The molecular weight excluding hydrogens is 260 g/mol. The van der Waals surface area contributed by atoms with Gasteiger partial charge in [-0.1, -0.05) is 60.7 Å². The van der Waals surface area contributed by atoms with E-state index < -0.39 is 0 Å². The highest BCUT2D eigenvalue weighted by Gasteiger charge is 2.18. The molecule has 0 fully saturated rings. The van der Waals surface area contributed by atoms with E-state index in [2.05, 4.69) is 17.4 Å². The van der Waals surface area contributed by atoms with Gasteiger partial charge in [0.1, 0.15) is 0 Å². The molecule has 0 aliphatic rings. The molecule has 0 saturated heterocycles. The molecule has 3 nitrogen and oxygen atoms in total. The normalized spacial score (nSPS) is 13.4. The molecule has 2 rings (SSSR count). The van der Waals surface area contributed by atoms with E-state index in [1.54, 1.807) is 0 Å². The van der Waals surface area contributed by atoms with Crippen molar-refractivity contribution < 1.29 is 4.79 Å². The lowest BCUT2D eigenvalue weighted by molar-refractivity contribution is -0.122. The van der Waals surface area contributed by atoms with Crippen molar-refractivity contribution in [3.63, 3.8) is 0 Å². The lowest BCUT2D eigenvalue weighted by atomic mass is 9.99. The number of carbonyl (C=O) groups is 1. The van der Waals surface area contributed by atoms with Gasteiger partial charge in [0.15, 0.2) is 0 Å². The standard InChI is InChI=1S/C18H22N2O/c1-14(16-10-6-3-7-11-16)18(21)20-17(13-19)12-15-8-4-2-5-9-15/h2-11,14,17H,12-13,19H2,1H3,(H,20,21). The van der Waals surface area contributed by atoms with Crippen molar-refractivity contribution in [3.05, 3.63) is 71.8 Å². The monoisotopic (exact) mass is 282 g/mol. The van der Waals surface area contributed by atoms with Gasteiger partial charge < -0.3 is 11.1 Å². The van der Waals surface area contributed by atoms with Crippen LogP contribution in [-0.2, 0) is 11.2 Å². The summed E-state index contributed by atoms with van der Waals surface area (Å²) in [6, 6.07) is 19.8. The van der Waals surface area contributed by atoms with E-state index in [1.165, 1.54) is 5.56 Å². The summed E-state index contributed by atoms with van der Waals surface area (Å²) in [5, 5.41) is 3.05.